The Morgan fingerprint density at radius 1 is 0.939 bits per heavy atom. The normalized spacial score (nSPS) is 11.1. The van der Waals surface area contributed by atoms with E-state index in [1.54, 1.807) is 11.3 Å². The van der Waals surface area contributed by atoms with Crippen LogP contribution in [-0.4, -0.2) is 20.3 Å². The van der Waals surface area contributed by atoms with Gasteiger partial charge in [-0.3, -0.25) is 9.20 Å². The van der Waals surface area contributed by atoms with Crippen molar-refractivity contribution in [1.29, 1.82) is 0 Å². The van der Waals surface area contributed by atoms with E-state index in [1.807, 2.05) is 59.1 Å². The number of hydrogen-bond acceptors (Lipinski definition) is 5. The molecule has 2 aromatic carbocycles. The summed E-state index contributed by atoms with van der Waals surface area (Å²) < 4.78 is 7.60. The second-order valence-electron chi connectivity index (χ2n) is 7.96. The first-order valence-electron chi connectivity index (χ1n) is 10.8. The van der Waals surface area contributed by atoms with Crippen molar-refractivity contribution in [1.82, 2.24) is 14.4 Å². The third-order valence-corrected chi connectivity index (χ3v) is 6.54. The molecule has 5 aromatic rings. The number of aromatic nitrogens is 3. The lowest BCUT2D eigenvalue weighted by Crippen LogP contribution is -2.07. The minimum absolute atomic E-state index is 0.372. The van der Waals surface area contributed by atoms with Crippen molar-refractivity contribution >= 4 is 23.0 Å². The number of ether oxygens (including phenoxy) is 1. The molecule has 0 N–H and O–H groups in total. The van der Waals surface area contributed by atoms with Crippen molar-refractivity contribution in [3.05, 3.63) is 106 Å². The number of rotatable bonds is 6. The second-order valence-corrected chi connectivity index (χ2v) is 8.96. The first kappa shape index (κ1) is 21.1. The monoisotopic (exact) mass is 453 g/mol. The van der Waals surface area contributed by atoms with Gasteiger partial charge in [-0.1, -0.05) is 60.7 Å². The number of hydrogen-bond donors (Lipinski definition) is 0. The molecule has 3 heterocycles. The number of fused-ring (bicyclic) bond motifs is 1. The maximum Gasteiger partial charge on any atom is 0.309 e. The zero-order valence-electron chi connectivity index (χ0n) is 18.5. The summed E-state index contributed by atoms with van der Waals surface area (Å²) in [6.45, 7) is 3.51. The molecule has 0 spiro atoms. The predicted molar refractivity (Wildman–Crippen MR) is 131 cm³/mol. The van der Waals surface area contributed by atoms with Crippen molar-refractivity contribution in [2.45, 2.75) is 26.7 Å². The van der Waals surface area contributed by atoms with E-state index in [0.717, 1.165) is 28.2 Å². The van der Waals surface area contributed by atoms with Gasteiger partial charge in [0.25, 0.3) is 0 Å². The maximum absolute atomic E-state index is 12.0. The van der Waals surface area contributed by atoms with Crippen LogP contribution in [0.4, 0.5) is 0 Å². The van der Waals surface area contributed by atoms with Crippen LogP contribution in [0.15, 0.2) is 78.3 Å². The van der Waals surface area contributed by atoms with E-state index < -0.39 is 0 Å². The number of esters is 1. The second kappa shape index (κ2) is 9.00. The number of carbonyl (C=O) groups excluding carboxylic acids is 1. The third-order valence-electron chi connectivity index (χ3n) is 5.52. The first-order valence-corrected chi connectivity index (χ1v) is 11.7. The van der Waals surface area contributed by atoms with Gasteiger partial charge >= 0.3 is 5.97 Å². The fraction of sp³-hybridized carbons (Fsp3) is 0.148. The summed E-state index contributed by atoms with van der Waals surface area (Å²) >= 11 is 1.68. The number of thiophene rings is 1. The Kier molecular flexibility index (Phi) is 5.75. The van der Waals surface area contributed by atoms with Gasteiger partial charge in [0.2, 0.25) is 5.88 Å². The molecule has 6 heteroatoms. The summed E-state index contributed by atoms with van der Waals surface area (Å²) in [5.74, 6) is 0.0860. The van der Waals surface area contributed by atoms with Gasteiger partial charge in [0.15, 0.2) is 5.65 Å². The maximum atomic E-state index is 12.0. The van der Waals surface area contributed by atoms with Crippen LogP contribution in [0, 0.1) is 6.92 Å². The molecule has 5 rings (SSSR count). The van der Waals surface area contributed by atoms with Crippen LogP contribution in [0.25, 0.3) is 16.9 Å². The Labute approximate surface area is 196 Å². The van der Waals surface area contributed by atoms with Gasteiger partial charge in [-0.25, -0.2) is 9.97 Å². The molecule has 5 nitrogen and oxygen atoms in total. The molecule has 0 amide bonds. The number of imidazole rings is 1. The molecule has 33 heavy (non-hydrogen) atoms. The summed E-state index contributed by atoms with van der Waals surface area (Å²) in [5.41, 5.74) is 6.43. The lowest BCUT2D eigenvalue weighted by molar-refractivity contribution is -0.132. The van der Waals surface area contributed by atoms with E-state index in [4.69, 9.17) is 14.7 Å². The van der Waals surface area contributed by atoms with Crippen molar-refractivity contribution < 1.29 is 9.53 Å². The average Bonchev–Trinajstić information content (AvgIpc) is 3.38. The quantitative estimate of drug-likeness (QED) is 0.302. The standard InChI is InChI=1S/C27H23N3O2S/c1-18-13-14-33-25(18)16-23-27(32-19(2)31)30-17-24(21-11-7-4-8-12-21)28-22(26(30)29-23)15-20-9-5-3-6-10-20/h3-14,17H,15-16H2,1-2H3. The minimum atomic E-state index is -0.372. The Morgan fingerprint density at radius 2 is 1.67 bits per heavy atom. The molecular formula is C27H23N3O2S. The molecule has 0 radical (unpaired) electrons. The topological polar surface area (TPSA) is 56.5 Å². The van der Waals surface area contributed by atoms with Gasteiger partial charge in [0.1, 0.15) is 5.69 Å². The van der Waals surface area contributed by atoms with E-state index in [0.29, 0.717) is 24.4 Å². The van der Waals surface area contributed by atoms with Gasteiger partial charge in [-0.05, 0) is 29.5 Å². The highest BCUT2D eigenvalue weighted by molar-refractivity contribution is 7.10. The molecule has 0 aliphatic rings. The summed E-state index contributed by atoms with van der Waals surface area (Å²) in [6, 6.07) is 22.3. The summed E-state index contributed by atoms with van der Waals surface area (Å²) in [4.78, 5) is 23.2. The van der Waals surface area contributed by atoms with E-state index in [-0.39, 0.29) is 5.97 Å². The van der Waals surface area contributed by atoms with E-state index in [1.165, 1.54) is 17.4 Å². The molecular weight excluding hydrogens is 430 g/mol. The average molecular weight is 454 g/mol. The highest BCUT2D eigenvalue weighted by Gasteiger charge is 2.21. The molecule has 3 aromatic heterocycles. The van der Waals surface area contributed by atoms with Crippen LogP contribution >= 0.6 is 11.3 Å². The van der Waals surface area contributed by atoms with E-state index in [9.17, 15) is 4.79 Å². The van der Waals surface area contributed by atoms with Gasteiger partial charge in [0, 0.05) is 36.4 Å². The number of nitrogens with zero attached hydrogens (tertiary/aromatic N) is 3. The smallest absolute Gasteiger partial charge is 0.309 e. The van der Waals surface area contributed by atoms with Crippen LogP contribution < -0.4 is 4.74 Å². The van der Waals surface area contributed by atoms with E-state index in [2.05, 4.69) is 30.5 Å². The number of carbonyl (C=O) groups is 1. The predicted octanol–water partition coefficient (Wildman–Crippen LogP) is 5.87. The largest absolute Gasteiger partial charge is 0.407 e. The summed E-state index contributed by atoms with van der Waals surface area (Å²) in [7, 11) is 0. The number of aryl methyl sites for hydroxylation is 1. The third kappa shape index (κ3) is 4.43. The highest BCUT2D eigenvalue weighted by Crippen LogP contribution is 2.31. The SMILES string of the molecule is CC(=O)Oc1c(Cc2sccc2C)nc2c(Cc3ccccc3)nc(-c3ccccc3)cn12. The van der Waals surface area contributed by atoms with Gasteiger partial charge < -0.3 is 4.74 Å². The highest BCUT2D eigenvalue weighted by atomic mass is 32.1. The summed E-state index contributed by atoms with van der Waals surface area (Å²) in [5, 5.41) is 2.07. The van der Waals surface area contributed by atoms with E-state index >= 15 is 0 Å². The Bertz CT molecular complexity index is 1420. The molecule has 0 saturated carbocycles. The van der Waals surface area contributed by atoms with Crippen LogP contribution in [0.1, 0.15) is 34.3 Å². The summed E-state index contributed by atoms with van der Waals surface area (Å²) in [6.07, 6.45) is 3.13. The van der Waals surface area contributed by atoms with Crippen molar-refractivity contribution in [2.24, 2.45) is 0 Å². The molecule has 0 aliphatic heterocycles. The van der Waals surface area contributed by atoms with Gasteiger partial charge in [0.05, 0.1) is 11.4 Å². The van der Waals surface area contributed by atoms with Crippen LogP contribution in [-0.2, 0) is 17.6 Å². The Balaban J connectivity index is 1.72. The van der Waals surface area contributed by atoms with Crippen LogP contribution in [0.5, 0.6) is 5.88 Å². The van der Waals surface area contributed by atoms with Gasteiger partial charge in [-0.2, -0.15) is 0 Å². The fourth-order valence-corrected chi connectivity index (χ4v) is 4.80. The van der Waals surface area contributed by atoms with Gasteiger partial charge in [-0.15, -0.1) is 11.3 Å². The molecule has 0 fully saturated rings. The van der Waals surface area contributed by atoms with Crippen LogP contribution in [0.3, 0.4) is 0 Å². The molecule has 0 aliphatic carbocycles. The van der Waals surface area contributed by atoms with Crippen LogP contribution in [0.2, 0.25) is 0 Å². The minimum Gasteiger partial charge on any atom is -0.407 e. The lowest BCUT2D eigenvalue weighted by atomic mass is 10.1. The van der Waals surface area contributed by atoms with Crippen molar-refractivity contribution in [2.75, 3.05) is 0 Å². The molecule has 0 bridgehead atoms. The lowest BCUT2D eigenvalue weighted by Gasteiger charge is -2.10. The zero-order chi connectivity index (χ0) is 22.8. The molecule has 164 valence electrons. The molecule has 0 unspecified atom stereocenters. The Hall–Kier alpha value is -3.77. The number of benzene rings is 2. The van der Waals surface area contributed by atoms with Crippen molar-refractivity contribution in [3.8, 4) is 17.1 Å². The Morgan fingerprint density at radius 3 is 2.33 bits per heavy atom. The zero-order valence-corrected chi connectivity index (χ0v) is 19.3. The molecule has 0 atom stereocenters. The first-order chi connectivity index (χ1) is 16.1. The fourth-order valence-electron chi connectivity index (χ4n) is 3.89. The van der Waals surface area contributed by atoms with Crippen molar-refractivity contribution in [3.63, 3.8) is 0 Å². The molecule has 0 saturated heterocycles.